The summed E-state index contributed by atoms with van der Waals surface area (Å²) >= 11 is 0. The van der Waals surface area contributed by atoms with Gasteiger partial charge < -0.3 is 9.42 Å². The van der Waals surface area contributed by atoms with Crippen LogP contribution in [-0.4, -0.2) is 28.2 Å². The van der Waals surface area contributed by atoms with Crippen molar-refractivity contribution in [3.05, 3.63) is 35.7 Å². The first-order chi connectivity index (χ1) is 9.76. The maximum absolute atomic E-state index is 8.78. The molecule has 0 radical (unpaired) electrons. The van der Waals surface area contributed by atoms with Gasteiger partial charge in [0.15, 0.2) is 5.82 Å². The van der Waals surface area contributed by atoms with Crippen molar-refractivity contribution in [1.82, 2.24) is 15.1 Å². The minimum absolute atomic E-state index is 0.264. The molecule has 0 aromatic carbocycles. The third-order valence-electron chi connectivity index (χ3n) is 3.54. The minimum atomic E-state index is 0.264. The van der Waals surface area contributed by atoms with Crippen LogP contribution in [0.4, 0.5) is 5.69 Å². The second kappa shape index (κ2) is 5.29. The average molecular weight is 269 g/mol. The highest BCUT2D eigenvalue weighted by Crippen LogP contribution is 2.28. The van der Waals surface area contributed by atoms with E-state index in [0.717, 1.165) is 31.6 Å². The van der Waals surface area contributed by atoms with Crippen LogP contribution in [0.2, 0.25) is 0 Å². The molecule has 0 unspecified atom stereocenters. The summed E-state index contributed by atoms with van der Waals surface area (Å²) in [5.74, 6) is 1.66. The molecule has 0 aliphatic carbocycles. The van der Waals surface area contributed by atoms with Gasteiger partial charge in [0.1, 0.15) is 11.8 Å². The van der Waals surface area contributed by atoms with Crippen LogP contribution < -0.4 is 4.90 Å². The summed E-state index contributed by atoms with van der Waals surface area (Å²) in [6.45, 7) is 3.66. The number of aryl methyl sites for hydroxylation is 1. The average Bonchev–Trinajstić information content (AvgIpc) is 2.94. The number of nitrogens with zero attached hydrogens (tertiary/aromatic N) is 5. The van der Waals surface area contributed by atoms with Gasteiger partial charge in [-0.1, -0.05) is 5.16 Å². The molecule has 1 atom stereocenters. The van der Waals surface area contributed by atoms with Crippen LogP contribution in [0.15, 0.2) is 22.9 Å². The van der Waals surface area contributed by atoms with Gasteiger partial charge >= 0.3 is 0 Å². The smallest absolute Gasteiger partial charge is 0.231 e. The molecule has 0 bridgehead atoms. The summed E-state index contributed by atoms with van der Waals surface area (Å²) in [4.78, 5) is 10.7. The van der Waals surface area contributed by atoms with Crippen LogP contribution in [0.25, 0.3) is 0 Å². The lowest BCUT2D eigenvalue weighted by atomic mass is 9.97. The van der Waals surface area contributed by atoms with Gasteiger partial charge in [-0.05, 0) is 31.9 Å². The Morgan fingerprint density at radius 3 is 3.00 bits per heavy atom. The second-order valence-electron chi connectivity index (χ2n) is 4.98. The number of aromatic nitrogens is 3. The number of piperidine rings is 1. The van der Waals surface area contributed by atoms with Crippen LogP contribution in [0, 0.1) is 18.3 Å². The Bertz CT molecular complexity index is 628. The fourth-order valence-electron chi connectivity index (χ4n) is 2.53. The molecule has 0 saturated carbocycles. The maximum Gasteiger partial charge on any atom is 0.231 e. The Morgan fingerprint density at radius 2 is 2.35 bits per heavy atom. The van der Waals surface area contributed by atoms with Crippen LogP contribution >= 0.6 is 0 Å². The van der Waals surface area contributed by atoms with Crippen molar-refractivity contribution in [1.29, 1.82) is 5.26 Å². The zero-order chi connectivity index (χ0) is 13.9. The van der Waals surface area contributed by atoms with E-state index >= 15 is 0 Å². The van der Waals surface area contributed by atoms with E-state index in [-0.39, 0.29) is 5.92 Å². The van der Waals surface area contributed by atoms with Crippen molar-refractivity contribution in [3.63, 3.8) is 0 Å². The third kappa shape index (κ3) is 2.48. The van der Waals surface area contributed by atoms with Gasteiger partial charge in [-0.25, -0.2) is 4.98 Å². The van der Waals surface area contributed by atoms with E-state index in [1.807, 2.05) is 19.1 Å². The van der Waals surface area contributed by atoms with Crippen LogP contribution in [0.5, 0.6) is 0 Å². The maximum atomic E-state index is 8.78. The van der Waals surface area contributed by atoms with Crippen LogP contribution in [0.3, 0.4) is 0 Å². The highest BCUT2D eigenvalue weighted by molar-refractivity contribution is 5.46. The lowest BCUT2D eigenvalue weighted by Gasteiger charge is -2.32. The molecule has 102 valence electrons. The molecular formula is C14H15N5O. The Balaban J connectivity index is 1.76. The van der Waals surface area contributed by atoms with Crippen molar-refractivity contribution in [2.45, 2.75) is 25.7 Å². The number of nitriles is 1. The van der Waals surface area contributed by atoms with Gasteiger partial charge in [0.05, 0.1) is 17.8 Å². The fourth-order valence-corrected chi connectivity index (χ4v) is 2.53. The molecule has 6 heteroatoms. The van der Waals surface area contributed by atoms with Gasteiger partial charge in [0.25, 0.3) is 0 Å². The van der Waals surface area contributed by atoms with Gasteiger partial charge in [0.2, 0.25) is 5.89 Å². The SMILES string of the molecule is Cc1noc([C@@H]2CCCN(c3ccc(C#N)nc3)C2)n1. The molecule has 3 heterocycles. The largest absolute Gasteiger partial charge is 0.369 e. The Kier molecular flexibility index (Phi) is 3.33. The van der Waals surface area contributed by atoms with E-state index < -0.39 is 0 Å². The lowest BCUT2D eigenvalue weighted by molar-refractivity contribution is 0.331. The molecule has 1 fully saturated rings. The zero-order valence-corrected chi connectivity index (χ0v) is 11.3. The van der Waals surface area contributed by atoms with Crippen molar-refractivity contribution >= 4 is 5.69 Å². The van der Waals surface area contributed by atoms with Crippen molar-refractivity contribution in [3.8, 4) is 6.07 Å². The molecule has 1 aliphatic rings. The topological polar surface area (TPSA) is 78.8 Å². The van der Waals surface area contributed by atoms with Crippen molar-refractivity contribution < 1.29 is 4.52 Å². The molecule has 2 aromatic rings. The minimum Gasteiger partial charge on any atom is -0.369 e. The Labute approximate surface area is 117 Å². The van der Waals surface area contributed by atoms with E-state index in [9.17, 15) is 0 Å². The Morgan fingerprint density at radius 1 is 1.45 bits per heavy atom. The first kappa shape index (κ1) is 12.6. The fraction of sp³-hybridized carbons (Fsp3) is 0.429. The number of hydrogen-bond acceptors (Lipinski definition) is 6. The van der Waals surface area contributed by atoms with E-state index in [0.29, 0.717) is 17.4 Å². The lowest BCUT2D eigenvalue weighted by Crippen LogP contribution is -2.34. The van der Waals surface area contributed by atoms with Gasteiger partial charge in [-0.2, -0.15) is 10.2 Å². The number of hydrogen-bond donors (Lipinski definition) is 0. The summed E-state index contributed by atoms with van der Waals surface area (Å²) in [5.41, 5.74) is 1.47. The van der Waals surface area contributed by atoms with Gasteiger partial charge in [-0.3, -0.25) is 0 Å². The molecule has 0 amide bonds. The van der Waals surface area contributed by atoms with Crippen molar-refractivity contribution in [2.75, 3.05) is 18.0 Å². The first-order valence-corrected chi connectivity index (χ1v) is 6.67. The Hall–Kier alpha value is -2.42. The van der Waals surface area contributed by atoms with E-state index in [1.165, 1.54) is 0 Å². The summed E-state index contributed by atoms with van der Waals surface area (Å²) < 4.78 is 5.28. The monoisotopic (exact) mass is 269 g/mol. The standard InChI is InChI=1S/C14H15N5O/c1-10-17-14(20-18-10)11-3-2-6-19(9-11)13-5-4-12(7-15)16-8-13/h4-5,8,11H,2-3,6,9H2,1H3/t11-/m1/s1. The molecule has 3 rings (SSSR count). The molecule has 6 nitrogen and oxygen atoms in total. The van der Waals surface area contributed by atoms with Crippen LogP contribution in [-0.2, 0) is 0 Å². The van der Waals surface area contributed by atoms with Gasteiger partial charge in [-0.15, -0.1) is 0 Å². The number of anilines is 1. The van der Waals surface area contributed by atoms with E-state index in [1.54, 1.807) is 12.3 Å². The summed E-state index contributed by atoms with van der Waals surface area (Å²) in [5, 5.41) is 12.6. The highest BCUT2D eigenvalue weighted by Gasteiger charge is 2.25. The normalized spacial score (nSPS) is 18.8. The first-order valence-electron chi connectivity index (χ1n) is 6.67. The van der Waals surface area contributed by atoms with E-state index in [2.05, 4.69) is 20.0 Å². The third-order valence-corrected chi connectivity index (χ3v) is 3.54. The molecule has 2 aromatic heterocycles. The molecule has 0 N–H and O–H groups in total. The van der Waals surface area contributed by atoms with Crippen molar-refractivity contribution in [2.24, 2.45) is 0 Å². The quantitative estimate of drug-likeness (QED) is 0.830. The summed E-state index contributed by atoms with van der Waals surface area (Å²) in [7, 11) is 0. The summed E-state index contributed by atoms with van der Waals surface area (Å²) in [6, 6.07) is 5.71. The highest BCUT2D eigenvalue weighted by atomic mass is 16.5. The molecular weight excluding hydrogens is 254 g/mol. The predicted octanol–water partition coefficient (Wildman–Crippen LogP) is 2.03. The molecule has 20 heavy (non-hydrogen) atoms. The number of pyridine rings is 1. The van der Waals surface area contributed by atoms with Gasteiger partial charge in [0, 0.05) is 13.1 Å². The van der Waals surface area contributed by atoms with E-state index in [4.69, 9.17) is 9.78 Å². The predicted molar refractivity (Wildman–Crippen MR) is 72.2 cm³/mol. The van der Waals surface area contributed by atoms with Crippen LogP contribution in [0.1, 0.15) is 36.2 Å². The molecule has 1 saturated heterocycles. The zero-order valence-electron chi connectivity index (χ0n) is 11.3. The molecule has 0 spiro atoms. The second-order valence-corrected chi connectivity index (χ2v) is 4.98. The number of rotatable bonds is 2. The summed E-state index contributed by atoms with van der Waals surface area (Å²) in [6.07, 6.45) is 3.88. The molecule has 1 aliphatic heterocycles.